The SMILES string of the molecule is Cc1ccc(OCCN2CCc3cccc(N)c3C2)cc1. The highest BCUT2D eigenvalue weighted by Gasteiger charge is 2.17. The number of nitrogens with zero attached hydrogens (tertiary/aromatic N) is 1. The predicted molar refractivity (Wildman–Crippen MR) is 86.5 cm³/mol. The summed E-state index contributed by atoms with van der Waals surface area (Å²) in [5, 5.41) is 0. The van der Waals surface area contributed by atoms with Crippen molar-refractivity contribution in [3.63, 3.8) is 0 Å². The van der Waals surface area contributed by atoms with E-state index in [4.69, 9.17) is 10.5 Å². The molecule has 3 rings (SSSR count). The number of hydrogen-bond donors (Lipinski definition) is 1. The Morgan fingerprint density at radius 2 is 1.95 bits per heavy atom. The third-order valence-electron chi connectivity index (χ3n) is 4.09. The average molecular weight is 282 g/mol. The van der Waals surface area contributed by atoms with E-state index in [2.05, 4.69) is 30.0 Å². The quantitative estimate of drug-likeness (QED) is 0.876. The number of aryl methyl sites for hydroxylation is 1. The molecule has 2 aromatic rings. The van der Waals surface area contributed by atoms with Crippen LogP contribution < -0.4 is 10.5 Å². The number of anilines is 1. The molecule has 1 heterocycles. The molecular formula is C18H22N2O. The summed E-state index contributed by atoms with van der Waals surface area (Å²) in [5.41, 5.74) is 10.9. The minimum absolute atomic E-state index is 0.713. The second kappa shape index (κ2) is 6.19. The van der Waals surface area contributed by atoms with Gasteiger partial charge in [0.1, 0.15) is 12.4 Å². The fourth-order valence-corrected chi connectivity index (χ4v) is 2.78. The van der Waals surface area contributed by atoms with Gasteiger partial charge >= 0.3 is 0 Å². The van der Waals surface area contributed by atoms with Crippen LogP contribution in [0.2, 0.25) is 0 Å². The first-order chi connectivity index (χ1) is 10.2. The van der Waals surface area contributed by atoms with Crippen LogP contribution in [0.4, 0.5) is 5.69 Å². The van der Waals surface area contributed by atoms with Gasteiger partial charge in [0.2, 0.25) is 0 Å². The monoisotopic (exact) mass is 282 g/mol. The van der Waals surface area contributed by atoms with Crippen molar-refractivity contribution in [3.05, 3.63) is 59.2 Å². The van der Waals surface area contributed by atoms with Gasteiger partial charge in [-0.1, -0.05) is 29.8 Å². The zero-order chi connectivity index (χ0) is 14.7. The van der Waals surface area contributed by atoms with Crippen LogP contribution in [-0.4, -0.2) is 24.6 Å². The van der Waals surface area contributed by atoms with E-state index in [-0.39, 0.29) is 0 Å². The summed E-state index contributed by atoms with van der Waals surface area (Å²) in [7, 11) is 0. The molecule has 0 atom stereocenters. The van der Waals surface area contributed by atoms with E-state index in [1.165, 1.54) is 16.7 Å². The van der Waals surface area contributed by atoms with Crippen LogP contribution in [0, 0.1) is 6.92 Å². The number of ether oxygens (including phenoxy) is 1. The zero-order valence-corrected chi connectivity index (χ0v) is 12.5. The molecule has 0 spiro atoms. The molecule has 2 aromatic carbocycles. The summed E-state index contributed by atoms with van der Waals surface area (Å²) in [6.45, 7) is 5.74. The standard InChI is InChI=1S/C18H22N2O/c1-14-5-7-16(8-6-14)21-12-11-20-10-9-15-3-2-4-18(19)17(15)13-20/h2-8H,9-13,19H2,1H3. The molecule has 0 bridgehead atoms. The van der Waals surface area contributed by atoms with Crippen molar-refractivity contribution in [1.29, 1.82) is 0 Å². The van der Waals surface area contributed by atoms with E-state index < -0.39 is 0 Å². The summed E-state index contributed by atoms with van der Waals surface area (Å²) < 4.78 is 5.81. The smallest absolute Gasteiger partial charge is 0.119 e. The number of benzene rings is 2. The Balaban J connectivity index is 1.53. The minimum Gasteiger partial charge on any atom is -0.492 e. The molecule has 3 nitrogen and oxygen atoms in total. The molecule has 0 saturated heterocycles. The molecule has 3 heteroatoms. The third-order valence-corrected chi connectivity index (χ3v) is 4.09. The predicted octanol–water partition coefficient (Wildman–Crippen LogP) is 3.01. The van der Waals surface area contributed by atoms with Crippen molar-refractivity contribution in [2.75, 3.05) is 25.4 Å². The van der Waals surface area contributed by atoms with Crippen LogP contribution in [0.5, 0.6) is 5.75 Å². The molecule has 0 amide bonds. The fourth-order valence-electron chi connectivity index (χ4n) is 2.78. The summed E-state index contributed by atoms with van der Waals surface area (Å²) in [6, 6.07) is 14.4. The first-order valence-corrected chi connectivity index (χ1v) is 7.50. The van der Waals surface area contributed by atoms with Gasteiger partial charge < -0.3 is 10.5 Å². The lowest BCUT2D eigenvalue weighted by Crippen LogP contribution is -2.34. The van der Waals surface area contributed by atoms with Crippen molar-refractivity contribution in [2.24, 2.45) is 0 Å². The molecule has 110 valence electrons. The van der Waals surface area contributed by atoms with Crippen molar-refractivity contribution in [3.8, 4) is 5.75 Å². The Bertz CT molecular complexity index is 607. The van der Waals surface area contributed by atoms with Crippen molar-refractivity contribution < 1.29 is 4.74 Å². The molecule has 0 unspecified atom stereocenters. The van der Waals surface area contributed by atoms with Crippen molar-refractivity contribution in [1.82, 2.24) is 4.90 Å². The van der Waals surface area contributed by atoms with Crippen LogP contribution >= 0.6 is 0 Å². The number of nitrogens with two attached hydrogens (primary N) is 1. The molecule has 0 aliphatic carbocycles. The van der Waals surface area contributed by atoms with Crippen LogP contribution in [0.25, 0.3) is 0 Å². The van der Waals surface area contributed by atoms with Gasteiger partial charge in [-0.3, -0.25) is 4.90 Å². The Morgan fingerprint density at radius 1 is 1.14 bits per heavy atom. The highest BCUT2D eigenvalue weighted by molar-refractivity contribution is 5.51. The van der Waals surface area contributed by atoms with Gasteiger partial charge in [-0.05, 0) is 42.7 Å². The molecule has 0 fully saturated rings. The largest absolute Gasteiger partial charge is 0.492 e. The van der Waals surface area contributed by atoms with Crippen molar-refractivity contribution in [2.45, 2.75) is 19.9 Å². The lowest BCUT2D eigenvalue weighted by atomic mass is 9.98. The molecule has 1 aliphatic heterocycles. The first kappa shape index (κ1) is 14.0. The molecular weight excluding hydrogens is 260 g/mol. The van der Waals surface area contributed by atoms with Gasteiger partial charge in [-0.15, -0.1) is 0 Å². The maximum atomic E-state index is 6.08. The highest BCUT2D eigenvalue weighted by Crippen LogP contribution is 2.24. The zero-order valence-electron chi connectivity index (χ0n) is 12.5. The molecule has 0 saturated carbocycles. The van der Waals surface area contributed by atoms with Gasteiger partial charge in [0.15, 0.2) is 0 Å². The van der Waals surface area contributed by atoms with E-state index in [0.29, 0.717) is 6.61 Å². The number of fused-ring (bicyclic) bond motifs is 1. The van der Waals surface area contributed by atoms with Crippen molar-refractivity contribution >= 4 is 5.69 Å². The Hall–Kier alpha value is -2.00. The Labute approximate surface area is 126 Å². The molecule has 1 aliphatic rings. The van der Waals surface area contributed by atoms with Gasteiger partial charge in [-0.25, -0.2) is 0 Å². The second-order valence-corrected chi connectivity index (χ2v) is 5.67. The van der Waals surface area contributed by atoms with Gasteiger partial charge in [0, 0.05) is 25.3 Å². The molecule has 0 radical (unpaired) electrons. The van der Waals surface area contributed by atoms with Gasteiger partial charge in [-0.2, -0.15) is 0 Å². The summed E-state index contributed by atoms with van der Waals surface area (Å²) in [5.74, 6) is 0.942. The Kier molecular flexibility index (Phi) is 4.11. The van der Waals surface area contributed by atoms with Gasteiger partial charge in [0.05, 0.1) is 0 Å². The van der Waals surface area contributed by atoms with E-state index in [0.717, 1.165) is 37.5 Å². The normalized spacial score (nSPS) is 14.7. The molecule has 21 heavy (non-hydrogen) atoms. The fraction of sp³-hybridized carbons (Fsp3) is 0.333. The number of nitrogen functional groups attached to an aromatic ring is 1. The lowest BCUT2D eigenvalue weighted by Gasteiger charge is -2.29. The van der Waals surface area contributed by atoms with Gasteiger partial charge in [0.25, 0.3) is 0 Å². The summed E-state index contributed by atoms with van der Waals surface area (Å²) in [6.07, 6.45) is 1.07. The summed E-state index contributed by atoms with van der Waals surface area (Å²) in [4.78, 5) is 2.41. The maximum absolute atomic E-state index is 6.08. The first-order valence-electron chi connectivity index (χ1n) is 7.50. The number of hydrogen-bond acceptors (Lipinski definition) is 3. The second-order valence-electron chi connectivity index (χ2n) is 5.67. The van der Waals surface area contributed by atoms with Crippen LogP contribution in [-0.2, 0) is 13.0 Å². The van der Waals surface area contributed by atoms with E-state index >= 15 is 0 Å². The van der Waals surface area contributed by atoms with Crippen LogP contribution in [0.15, 0.2) is 42.5 Å². The van der Waals surface area contributed by atoms with E-state index in [1.807, 2.05) is 24.3 Å². The topological polar surface area (TPSA) is 38.5 Å². The summed E-state index contributed by atoms with van der Waals surface area (Å²) >= 11 is 0. The molecule has 2 N–H and O–H groups in total. The Morgan fingerprint density at radius 3 is 2.76 bits per heavy atom. The van der Waals surface area contributed by atoms with Crippen LogP contribution in [0.3, 0.4) is 0 Å². The van der Waals surface area contributed by atoms with E-state index in [9.17, 15) is 0 Å². The lowest BCUT2D eigenvalue weighted by molar-refractivity contribution is 0.196. The average Bonchev–Trinajstić information content (AvgIpc) is 2.50. The maximum Gasteiger partial charge on any atom is 0.119 e. The highest BCUT2D eigenvalue weighted by atomic mass is 16.5. The minimum atomic E-state index is 0.713. The third kappa shape index (κ3) is 3.37. The van der Waals surface area contributed by atoms with E-state index in [1.54, 1.807) is 0 Å². The molecule has 0 aromatic heterocycles. The number of rotatable bonds is 4. The van der Waals surface area contributed by atoms with Crippen LogP contribution in [0.1, 0.15) is 16.7 Å².